The van der Waals surface area contributed by atoms with E-state index in [1.807, 2.05) is 74.5 Å². The topological polar surface area (TPSA) is 166 Å². The molecule has 0 spiro atoms. The van der Waals surface area contributed by atoms with Gasteiger partial charge in [0.2, 0.25) is 17.7 Å². The Morgan fingerprint density at radius 3 is 1.94 bits per heavy atom. The van der Waals surface area contributed by atoms with Gasteiger partial charge in [-0.25, -0.2) is 0 Å². The van der Waals surface area contributed by atoms with Gasteiger partial charge in [0.05, 0.1) is 12.6 Å². The molecule has 2 fully saturated rings. The van der Waals surface area contributed by atoms with E-state index >= 15 is 0 Å². The van der Waals surface area contributed by atoms with Crippen LogP contribution in [-0.2, 0) is 36.8 Å². The van der Waals surface area contributed by atoms with E-state index in [1.54, 1.807) is 6.92 Å². The molecule has 48 heavy (non-hydrogen) atoms. The van der Waals surface area contributed by atoms with Gasteiger partial charge in [0.15, 0.2) is 5.78 Å². The zero-order valence-corrected chi connectivity index (χ0v) is 28.4. The number of amides is 3. The lowest BCUT2D eigenvalue weighted by molar-refractivity contribution is -0.134. The first kappa shape index (κ1) is 36.6. The lowest BCUT2D eigenvalue weighted by Gasteiger charge is -2.28. The summed E-state index contributed by atoms with van der Waals surface area (Å²) in [6.07, 6.45) is 7.54. The lowest BCUT2D eigenvalue weighted by atomic mass is 9.85. The van der Waals surface area contributed by atoms with Crippen LogP contribution in [-0.4, -0.2) is 59.9 Å². The highest BCUT2D eigenvalue weighted by Crippen LogP contribution is 2.30. The van der Waals surface area contributed by atoms with Crippen molar-refractivity contribution in [1.82, 2.24) is 16.0 Å². The second-order valence-corrected chi connectivity index (χ2v) is 13.9. The number of nitrogens with one attached hydrogen (secondary N) is 3. The molecule has 1 aliphatic heterocycles. The fourth-order valence-electron chi connectivity index (χ4n) is 6.43. The molecule has 3 N–H and O–H groups in total. The van der Waals surface area contributed by atoms with E-state index in [-0.39, 0.29) is 24.5 Å². The van der Waals surface area contributed by atoms with Crippen LogP contribution in [0, 0.1) is 11.8 Å². The highest BCUT2D eigenvalue weighted by molar-refractivity contribution is 5.98. The number of benzene rings is 2. The fourth-order valence-corrected chi connectivity index (χ4v) is 6.43. The minimum atomic E-state index is -1.06. The Hall–Kier alpha value is -4.21. The van der Waals surface area contributed by atoms with Gasteiger partial charge >= 0.3 is 0 Å². The first-order valence-electron chi connectivity index (χ1n) is 17.3. The van der Waals surface area contributed by atoms with E-state index < -0.39 is 47.5 Å². The standard InChI is InChI=1S/C37H50N6O5/c1-25(2)21-30(33(44)37(3)24-48-37)40-35(46)31(22-27-15-9-5-10-16-27)41-34(45)29(20-19-26-13-7-4-8-14-26)39-36(47)32(42-43-38)23-28-17-11-6-12-18-28/h5-6,9-12,15-18,25-26,29-32H,4,7-8,13-14,19-24H2,1-3H3,(H,39,47)(H,40,46)(H,41,45)/t29-,30-,31-,32?,37+/m0/s1. The van der Waals surface area contributed by atoms with Crippen LogP contribution >= 0.6 is 0 Å². The van der Waals surface area contributed by atoms with Gasteiger partial charge in [-0.05, 0) is 61.1 Å². The summed E-state index contributed by atoms with van der Waals surface area (Å²) < 4.78 is 5.40. The summed E-state index contributed by atoms with van der Waals surface area (Å²) in [4.78, 5) is 57.7. The molecule has 1 saturated carbocycles. The van der Waals surface area contributed by atoms with Gasteiger partial charge in [0, 0.05) is 11.3 Å². The minimum absolute atomic E-state index is 0.128. The number of hydrogen-bond donors (Lipinski definition) is 3. The maximum Gasteiger partial charge on any atom is 0.243 e. The van der Waals surface area contributed by atoms with Crippen LogP contribution in [0.15, 0.2) is 65.8 Å². The number of nitrogens with zero attached hydrogens (tertiary/aromatic N) is 3. The molecule has 0 aromatic heterocycles. The number of azide groups is 1. The quantitative estimate of drug-likeness (QED) is 0.0847. The van der Waals surface area contributed by atoms with E-state index in [1.165, 1.54) is 6.42 Å². The van der Waals surface area contributed by atoms with Crippen LogP contribution in [0.3, 0.4) is 0 Å². The van der Waals surface area contributed by atoms with E-state index in [0.717, 1.165) is 43.2 Å². The highest BCUT2D eigenvalue weighted by atomic mass is 16.6. The van der Waals surface area contributed by atoms with Crippen molar-refractivity contribution < 1.29 is 23.9 Å². The number of carbonyl (C=O) groups excluding carboxylic acids is 4. The Labute approximate surface area is 283 Å². The third-order valence-electron chi connectivity index (χ3n) is 9.34. The highest BCUT2D eigenvalue weighted by Gasteiger charge is 2.50. The van der Waals surface area contributed by atoms with Gasteiger partial charge in [-0.15, -0.1) is 0 Å². The second-order valence-electron chi connectivity index (χ2n) is 13.9. The van der Waals surface area contributed by atoms with Crippen molar-refractivity contribution in [3.8, 4) is 0 Å². The molecule has 4 rings (SSSR count). The summed E-state index contributed by atoms with van der Waals surface area (Å²) in [5.41, 5.74) is 9.98. The smallest absolute Gasteiger partial charge is 0.243 e. The van der Waals surface area contributed by atoms with Crippen LogP contribution in [0.5, 0.6) is 0 Å². The van der Waals surface area contributed by atoms with Gasteiger partial charge in [0.25, 0.3) is 0 Å². The molecular formula is C37H50N6O5. The molecule has 2 aromatic rings. The van der Waals surface area contributed by atoms with Crippen molar-refractivity contribution >= 4 is 23.5 Å². The Morgan fingerprint density at radius 2 is 1.38 bits per heavy atom. The van der Waals surface area contributed by atoms with Crippen LogP contribution in [0.1, 0.15) is 83.3 Å². The van der Waals surface area contributed by atoms with Gasteiger partial charge in [-0.3, -0.25) is 19.2 Å². The van der Waals surface area contributed by atoms with E-state index in [4.69, 9.17) is 4.74 Å². The molecule has 3 amide bonds. The zero-order chi connectivity index (χ0) is 34.5. The van der Waals surface area contributed by atoms with Crippen molar-refractivity contribution in [1.29, 1.82) is 0 Å². The Balaban J connectivity index is 1.55. The molecule has 1 saturated heterocycles. The summed E-state index contributed by atoms with van der Waals surface area (Å²) in [5.74, 6) is -1.15. The van der Waals surface area contributed by atoms with Gasteiger partial charge in [-0.2, -0.15) is 0 Å². The monoisotopic (exact) mass is 658 g/mol. The van der Waals surface area contributed by atoms with Crippen molar-refractivity contribution in [2.45, 2.75) is 115 Å². The number of rotatable bonds is 18. The fraction of sp³-hybridized carbons (Fsp3) is 0.568. The lowest BCUT2D eigenvalue weighted by Crippen LogP contribution is -2.58. The van der Waals surface area contributed by atoms with Crippen LogP contribution < -0.4 is 16.0 Å². The van der Waals surface area contributed by atoms with Crippen molar-refractivity contribution in [2.75, 3.05) is 6.61 Å². The van der Waals surface area contributed by atoms with Gasteiger partial charge in [-0.1, -0.05) is 112 Å². The number of epoxide rings is 1. The van der Waals surface area contributed by atoms with E-state index in [0.29, 0.717) is 25.4 Å². The van der Waals surface area contributed by atoms with Crippen molar-refractivity contribution in [2.24, 2.45) is 17.0 Å². The van der Waals surface area contributed by atoms with Gasteiger partial charge < -0.3 is 20.7 Å². The largest absolute Gasteiger partial charge is 0.361 e. The van der Waals surface area contributed by atoms with Crippen LogP contribution in [0.4, 0.5) is 0 Å². The van der Waals surface area contributed by atoms with Crippen molar-refractivity contribution in [3.05, 3.63) is 82.2 Å². The molecule has 1 unspecified atom stereocenters. The summed E-state index contributed by atoms with van der Waals surface area (Å²) in [6.45, 7) is 5.99. The van der Waals surface area contributed by atoms with Gasteiger partial charge in [0.1, 0.15) is 23.7 Å². The van der Waals surface area contributed by atoms with E-state index in [9.17, 15) is 24.7 Å². The predicted octanol–water partition coefficient (Wildman–Crippen LogP) is 5.37. The molecule has 1 heterocycles. The minimum Gasteiger partial charge on any atom is -0.361 e. The first-order chi connectivity index (χ1) is 23.1. The maximum atomic E-state index is 14.1. The molecule has 11 heteroatoms. The Morgan fingerprint density at radius 1 is 0.833 bits per heavy atom. The molecule has 2 aromatic carbocycles. The summed E-state index contributed by atoms with van der Waals surface area (Å²) in [7, 11) is 0. The summed E-state index contributed by atoms with van der Waals surface area (Å²) in [5, 5.41) is 12.5. The third-order valence-corrected chi connectivity index (χ3v) is 9.34. The Kier molecular flexibility index (Phi) is 13.6. The van der Waals surface area contributed by atoms with Crippen LogP contribution in [0.2, 0.25) is 0 Å². The normalized spacial score (nSPS) is 20.0. The SMILES string of the molecule is CC(C)C[C@H](NC(=O)[C@H](Cc1ccccc1)NC(=O)[C@H](CCC1CCCCC1)NC(=O)C(Cc1ccccc1)N=[N+]=[N-])C(=O)[C@@]1(C)CO1. The predicted molar refractivity (Wildman–Crippen MR) is 184 cm³/mol. The van der Waals surface area contributed by atoms with Crippen LogP contribution in [0.25, 0.3) is 10.4 Å². The average molecular weight is 659 g/mol. The second kappa shape index (κ2) is 17.8. The first-order valence-corrected chi connectivity index (χ1v) is 17.3. The number of ether oxygens (including phenoxy) is 1. The number of ketones is 1. The average Bonchev–Trinajstić information content (AvgIpc) is 3.84. The third kappa shape index (κ3) is 11.2. The molecular weight excluding hydrogens is 608 g/mol. The summed E-state index contributed by atoms with van der Waals surface area (Å²) >= 11 is 0. The van der Waals surface area contributed by atoms with E-state index in [2.05, 4.69) is 26.0 Å². The molecule has 11 nitrogen and oxygen atoms in total. The molecule has 0 bridgehead atoms. The summed E-state index contributed by atoms with van der Waals surface area (Å²) in [6, 6.07) is 14.8. The Bertz CT molecular complexity index is 1420. The number of hydrogen-bond acceptors (Lipinski definition) is 6. The number of Topliss-reactive ketones (excluding diaryl/α,β-unsaturated/α-hetero) is 1. The molecule has 2 aliphatic rings. The maximum absolute atomic E-state index is 14.1. The molecule has 5 atom stereocenters. The van der Waals surface area contributed by atoms with Crippen molar-refractivity contribution in [3.63, 3.8) is 0 Å². The zero-order valence-electron chi connectivity index (χ0n) is 28.4. The number of carbonyl (C=O) groups is 4. The molecule has 1 aliphatic carbocycles. The molecule has 258 valence electrons. The molecule has 0 radical (unpaired) electrons.